The molecular weight excluding hydrogens is 421 g/mol. The number of nitrogens with one attached hydrogen (secondary N) is 1. The van der Waals surface area contributed by atoms with Crippen LogP contribution in [0, 0.1) is 12.7 Å². The molecule has 0 bridgehead atoms. The zero-order valence-electron chi connectivity index (χ0n) is 16.6. The smallest absolute Gasteiger partial charge is 0.255 e. The van der Waals surface area contributed by atoms with Crippen LogP contribution in [0.3, 0.4) is 0 Å². The minimum atomic E-state index is -0.348. The molecule has 4 rings (SSSR count). The summed E-state index contributed by atoms with van der Waals surface area (Å²) in [6.07, 6.45) is 0. The Morgan fingerprint density at radius 3 is 2.67 bits per heavy atom. The number of rotatable bonds is 6. The molecule has 1 amide bonds. The van der Waals surface area contributed by atoms with Crippen LogP contribution in [0.2, 0.25) is 0 Å². The molecule has 3 aromatic rings. The van der Waals surface area contributed by atoms with Crippen LogP contribution in [0.5, 0.6) is 0 Å². The highest BCUT2D eigenvalue weighted by atomic mass is 32.2. The van der Waals surface area contributed by atoms with Crippen molar-refractivity contribution in [1.29, 1.82) is 0 Å². The Morgan fingerprint density at radius 2 is 2.00 bits per heavy atom. The van der Waals surface area contributed by atoms with Crippen molar-refractivity contribution in [3.8, 4) is 0 Å². The van der Waals surface area contributed by atoms with Gasteiger partial charge in [-0.1, -0.05) is 0 Å². The second-order valence-electron chi connectivity index (χ2n) is 6.89. The van der Waals surface area contributed by atoms with Crippen LogP contribution in [0.4, 0.5) is 15.8 Å². The molecule has 1 aliphatic rings. The molecular formula is C22H22FN3O2S2. The van der Waals surface area contributed by atoms with E-state index >= 15 is 0 Å². The van der Waals surface area contributed by atoms with E-state index in [0.29, 0.717) is 43.2 Å². The van der Waals surface area contributed by atoms with E-state index in [1.807, 2.05) is 24.0 Å². The molecule has 1 aliphatic heterocycles. The van der Waals surface area contributed by atoms with Gasteiger partial charge in [0.05, 0.1) is 29.6 Å². The monoisotopic (exact) mass is 443 g/mol. The molecule has 0 radical (unpaired) electrons. The minimum Gasteiger partial charge on any atom is -0.378 e. The van der Waals surface area contributed by atoms with E-state index in [4.69, 9.17) is 4.74 Å². The first-order valence-corrected chi connectivity index (χ1v) is 11.5. The molecule has 0 unspecified atom stereocenters. The largest absolute Gasteiger partial charge is 0.378 e. The Balaban J connectivity index is 1.35. The van der Waals surface area contributed by atoms with Crippen molar-refractivity contribution in [2.24, 2.45) is 0 Å². The fourth-order valence-electron chi connectivity index (χ4n) is 3.18. The molecule has 0 atom stereocenters. The molecule has 1 saturated heterocycles. The lowest BCUT2D eigenvalue weighted by Crippen LogP contribution is -2.36. The number of aryl methyl sites for hydroxylation is 1. The third-order valence-corrected chi connectivity index (χ3v) is 6.60. The molecule has 1 fully saturated rings. The van der Waals surface area contributed by atoms with Crippen molar-refractivity contribution < 1.29 is 13.9 Å². The number of hydrogen-bond donors (Lipinski definition) is 1. The summed E-state index contributed by atoms with van der Waals surface area (Å²) in [4.78, 5) is 20.0. The molecule has 0 saturated carbocycles. The summed E-state index contributed by atoms with van der Waals surface area (Å²) < 4.78 is 19.8. The predicted molar refractivity (Wildman–Crippen MR) is 120 cm³/mol. The number of anilines is 2. The lowest BCUT2D eigenvalue weighted by molar-refractivity contribution is 0.102. The summed E-state index contributed by atoms with van der Waals surface area (Å²) >= 11 is 3.32. The van der Waals surface area contributed by atoms with Gasteiger partial charge in [-0.15, -0.1) is 23.1 Å². The molecule has 0 aliphatic carbocycles. The van der Waals surface area contributed by atoms with E-state index in [0.717, 1.165) is 21.3 Å². The number of aromatic nitrogens is 1. The topological polar surface area (TPSA) is 54.5 Å². The lowest BCUT2D eigenvalue weighted by atomic mass is 10.2. The number of morpholine rings is 1. The molecule has 156 valence electrons. The van der Waals surface area contributed by atoms with Gasteiger partial charge in [-0.2, -0.15) is 0 Å². The number of thiazole rings is 1. The molecule has 2 heterocycles. The normalized spacial score (nSPS) is 14.0. The first kappa shape index (κ1) is 20.8. The van der Waals surface area contributed by atoms with Gasteiger partial charge in [0.1, 0.15) is 5.82 Å². The van der Waals surface area contributed by atoms with Gasteiger partial charge in [-0.25, -0.2) is 9.37 Å². The van der Waals surface area contributed by atoms with Crippen LogP contribution < -0.4 is 10.2 Å². The average Bonchev–Trinajstić information content (AvgIpc) is 3.18. The molecule has 1 N–H and O–H groups in total. The fraction of sp³-hybridized carbons (Fsp3) is 0.273. The molecule has 1 aromatic heterocycles. The maximum Gasteiger partial charge on any atom is 0.255 e. The Morgan fingerprint density at radius 1 is 1.23 bits per heavy atom. The number of halogens is 1. The van der Waals surface area contributed by atoms with Gasteiger partial charge in [0.15, 0.2) is 0 Å². The molecule has 2 aromatic carbocycles. The number of ether oxygens (including phenoxy) is 1. The molecule has 30 heavy (non-hydrogen) atoms. The van der Waals surface area contributed by atoms with Gasteiger partial charge in [-0.05, 0) is 49.4 Å². The van der Waals surface area contributed by atoms with E-state index < -0.39 is 0 Å². The summed E-state index contributed by atoms with van der Waals surface area (Å²) in [5, 5.41) is 5.90. The first-order chi connectivity index (χ1) is 14.6. The van der Waals surface area contributed by atoms with Crippen molar-refractivity contribution in [3.63, 3.8) is 0 Å². The van der Waals surface area contributed by atoms with Crippen molar-refractivity contribution in [1.82, 2.24) is 4.98 Å². The molecule has 8 heteroatoms. The molecule has 5 nitrogen and oxygen atoms in total. The van der Waals surface area contributed by atoms with Crippen molar-refractivity contribution in [2.75, 3.05) is 36.5 Å². The second-order valence-corrected chi connectivity index (χ2v) is 9.00. The number of carbonyl (C=O) groups is 1. The van der Waals surface area contributed by atoms with Crippen LogP contribution >= 0.6 is 23.1 Å². The van der Waals surface area contributed by atoms with Gasteiger partial charge in [0.2, 0.25) is 0 Å². The summed E-state index contributed by atoms with van der Waals surface area (Å²) in [5.74, 6) is 0.184. The highest BCUT2D eigenvalue weighted by molar-refractivity contribution is 7.98. The van der Waals surface area contributed by atoms with E-state index in [9.17, 15) is 9.18 Å². The van der Waals surface area contributed by atoms with Crippen LogP contribution in [0.25, 0.3) is 0 Å². The van der Waals surface area contributed by atoms with E-state index in [1.54, 1.807) is 47.4 Å². The highest BCUT2D eigenvalue weighted by Gasteiger charge is 2.16. The van der Waals surface area contributed by atoms with Crippen LogP contribution in [-0.2, 0) is 10.5 Å². The van der Waals surface area contributed by atoms with Crippen molar-refractivity contribution in [2.45, 2.75) is 17.6 Å². The van der Waals surface area contributed by atoms with Gasteiger partial charge >= 0.3 is 0 Å². The van der Waals surface area contributed by atoms with Gasteiger partial charge in [-0.3, -0.25) is 4.79 Å². The second kappa shape index (κ2) is 9.59. The SMILES string of the molecule is Cc1nc(CSc2ccc(C(=O)Nc3ccc(N4CCOCC4)c(F)c3)cc2)cs1. The maximum atomic E-state index is 14.5. The predicted octanol–water partition coefficient (Wildman–Crippen LogP) is 4.97. The number of benzene rings is 2. The Hall–Kier alpha value is -2.42. The fourth-order valence-corrected chi connectivity index (χ4v) is 4.69. The average molecular weight is 444 g/mol. The number of nitrogens with zero attached hydrogens (tertiary/aromatic N) is 2. The van der Waals surface area contributed by atoms with Crippen molar-refractivity contribution in [3.05, 3.63) is 69.9 Å². The van der Waals surface area contributed by atoms with Gasteiger partial charge < -0.3 is 15.0 Å². The quantitative estimate of drug-likeness (QED) is 0.545. The maximum absolute atomic E-state index is 14.5. The summed E-state index contributed by atoms with van der Waals surface area (Å²) in [6, 6.07) is 12.2. The van der Waals surface area contributed by atoms with Gasteiger partial charge in [0, 0.05) is 40.4 Å². The standard InChI is InChI=1S/C22H22FN3O2S2/c1-15-24-18(13-29-15)14-30-19-5-2-16(3-6-19)22(27)25-17-4-7-21(20(23)12-17)26-8-10-28-11-9-26/h2-7,12-13H,8-11,14H2,1H3,(H,25,27). The Labute approximate surface area is 183 Å². The Kier molecular flexibility index (Phi) is 6.66. The molecule has 0 spiro atoms. The van der Waals surface area contributed by atoms with Crippen LogP contribution in [0.15, 0.2) is 52.7 Å². The third-order valence-electron chi connectivity index (χ3n) is 4.73. The van der Waals surface area contributed by atoms with Crippen LogP contribution in [0.1, 0.15) is 21.1 Å². The zero-order valence-corrected chi connectivity index (χ0v) is 18.2. The van der Waals surface area contributed by atoms with Crippen LogP contribution in [-0.4, -0.2) is 37.2 Å². The summed E-state index contributed by atoms with van der Waals surface area (Å²) in [5.41, 5.74) is 2.56. The van der Waals surface area contributed by atoms with Crippen molar-refractivity contribution >= 4 is 40.4 Å². The lowest BCUT2D eigenvalue weighted by Gasteiger charge is -2.29. The third kappa shape index (κ3) is 5.19. The van der Waals surface area contributed by atoms with Gasteiger partial charge in [0.25, 0.3) is 5.91 Å². The minimum absolute atomic E-state index is 0.264. The number of hydrogen-bond acceptors (Lipinski definition) is 6. The zero-order chi connectivity index (χ0) is 20.9. The first-order valence-electron chi connectivity index (χ1n) is 9.66. The Bertz CT molecular complexity index is 1020. The summed E-state index contributed by atoms with van der Waals surface area (Å²) in [7, 11) is 0. The summed E-state index contributed by atoms with van der Waals surface area (Å²) in [6.45, 7) is 4.50. The number of thioether (sulfide) groups is 1. The van der Waals surface area contributed by atoms with E-state index in [2.05, 4.69) is 15.7 Å². The number of amides is 1. The highest BCUT2D eigenvalue weighted by Crippen LogP contribution is 2.26. The van der Waals surface area contributed by atoms with E-state index in [-0.39, 0.29) is 11.7 Å². The number of carbonyl (C=O) groups excluding carboxylic acids is 1. The van der Waals surface area contributed by atoms with E-state index in [1.165, 1.54) is 6.07 Å².